The molecule has 28 heavy (non-hydrogen) atoms. The maximum absolute atomic E-state index is 14.6. The first kappa shape index (κ1) is 20.2. The first-order valence-electron chi connectivity index (χ1n) is 8.42. The van der Waals surface area contributed by atoms with Crippen LogP contribution in [-0.4, -0.2) is 30.3 Å². The molecule has 0 aromatic heterocycles. The fourth-order valence-corrected chi connectivity index (χ4v) is 3.13. The highest BCUT2D eigenvalue weighted by atomic mass is 79.9. The van der Waals surface area contributed by atoms with E-state index in [-0.39, 0.29) is 29.5 Å². The summed E-state index contributed by atoms with van der Waals surface area (Å²) in [5, 5.41) is 5.74. The predicted octanol–water partition coefficient (Wildman–Crippen LogP) is 3.95. The largest absolute Gasteiger partial charge is 0.442 e. The van der Waals surface area contributed by atoms with Gasteiger partial charge >= 0.3 is 6.09 Å². The molecular formula is C19H17BrFN3O3S. The topological polar surface area (TPSA) is 70.7 Å². The number of rotatable bonds is 5. The summed E-state index contributed by atoms with van der Waals surface area (Å²) in [6.45, 7) is 2.42. The molecule has 0 unspecified atom stereocenters. The van der Waals surface area contributed by atoms with Crippen molar-refractivity contribution in [3.05, 3.63) is 63.0 Å². The van der Waals surface area contributed by atoms with E-state index in [0.29, 0.717) is 21.7 Å². The van der Waals surface area contributed by atoms with Crippen LogP contribution in [0.1, 0.15) is 6.92 Å². The molecule has 6 nitrogen and oxygen atoms in total. The van der Waals surface area contributed by atoms with Crippen LogP contribution in [0.5, 0.6) is 0 Å². The highest BCUT2D eigenvalue weighted by molar-refractivity contribution is 9.10. The van der Waals surface area contributed by atoms with E-state index in [4.69, 9.17) is 17.0 Å². The Kier molecular flexibility index (Phi) is 6.25. The van der Waals surface area contributed by atoms with Gasteiger partial charge in [0.25, 0.3) is 0 Å². The molecule has 2 aromatic rings. The van der Waals surface area contributed by atoms with Gasteiger partial charge in [0.15, 0.2) is 0 Å². The zero-order chi connectivity index (χ0) is 20.3. The van der Waals surface area contributed by atoms with Crippen LogP contribution in [0.3, 0.4) is 0 Å². The molecule has 1 saturated heterocycles. The average molecular weight is 466 g/mol. The van der Waals surface area contributed by atoms with Gasteiger partial charge in [0.05, 0.1) is 35.1 Å². The van der Waals surface area contributed by atoms with Gasteiger partial charge in [-0.05, 0) is 37.3 Å². The van der Waals surface area contributed by atoms with Gasteiger partial charge in [-0.25, -0.2) is 9.18 Å². The summed E-state index contributed by atoms with van der Waals surface area (Å²) < 4.78 is 20.5. The number of hydrogen-bond donors (Lipinski definition) is 2. The summed E-state index contributed by atoms with van der Waals surface area (Å²) in [6, 6.07) is 10.6. The van der Waals surface area contributed by atoms with Crippen LogP contribution in [0.15, 0.2) is 51.7 Å². The van der Waals surface area contributed by atoms with E-state index in [0.717, 1.165) is 0 Å². The lowest BCUT2D eigenvalue weighted by atomic mass is 10.2. The van der Waals surface area contributed by atoms with Gasteiger partial charge in [0.1, 0.15) is 11.9 Å². The van der Waals surface area contributed by atoms with Crippen molar-refractivity contribution in [2.24, 2.45) is 0 Å². The van der Waals surface area contributed by atoms with Crippen LogP contribution in [0, 0.1) is 5.82 Å². The third kappa shape index (κ3) is 4.85. The minimum atomic E-state index is -0.591. The Morgan fingerprint density at radius 1 is 1.29 bits per heavy atom. The summed E-state index contributed by atoms with van der Waals surface area (Å²) in [5.41, 5.74) is 0.455. The third-order valence-electron chi connectivity index (χ3n) is 4.04. The molecule has 1 aliphatic rings. The van der Waals surface area contributed by atoms with Gasteiger partial charge in [0.2, 0.25) is 5.43 Å². The highest BCUT2D eigenvalue weighted by Gasteiger charge is 2.32. The number of nitrogens with zero attached hydrogens (tertiary/aromatic N) is 1. The normalized spacial score (nSPS) is 15.9. The Morgan fingerprint density at radius 2 is 2.07 bits per heavy atom. The number of nitrogens with one attached hydrogen (secondary N) is 2. The van der Waals surface area contributed by atoms with Crippen LogP contribution in [-0.2, 0) is 4.74 Å². The number of anilines is 3. The Labute approximate surface area is 174 Å². The van der Waals surface area contributed by atoms with Gasteiger partial charge in [0, 0.05) is 10.5 Å². The molecule has 146 valence electrons. The second-order valence-corrected chi connectivity index (χ2v) is 7.70. The third-order valence-corrected chi connectivity index (χ3v) is 4.68. The van der Waals surface area contributed by atoms with Crippen LogP contribution < -0.4 is 21.0 Å². The van der Waals surface area contributed by atoms with Gasteiger partial charge in [-0.2, -0.15) is 0 Å². The maximum Gasteiger partial charge on any atom is 0.414 e. The Morgan fingerprint density at radius 3 is 2.79 bits per heavy atom. The van der Waals surface area contributed by atoms with Crippen molar-refractivity contribution in [3.8, 4) is 0 Å². The fraction of sp³-hybridized carbons (Fsp3) is 0.211. The minimum absolute atomic E-state index is 0.130. The molecule has 1 heterocycles. The molecule has 0 radical (unpaired) electrons. The molecule has 0 spiro atoms. The van der Waals surface area contributed by atoms with E-state index in [1.54, 1.807) is 31.2 Å². The quantitative estimate of drug-likeness (QED) is 0.651. The SMILES string of the molecule is CC(=S)NC[C@H]1CN(c2ccc(Nc3cccc(Br)cc3=O)c(F)c2)C(=O)O1. The number of halogens is 2. The summed E-state index contributed by atoms with van der Waals surface area (Å²) in [4.78, 5) is 26.2. The Balaban J connectivity index is 1.76. The molecule has 2 N–H and O–H groups in total. The number of benzene rings is 1. The van der Waals surface area contributed by atoms with E-state index in [2.05, 4.69) is 26.6 Å². The van der Waals surface area contributed by atoms with Crippen LogP contribution in [0.25, 0.3) is 0 Å². The zero-order valence-electron chi connectivity index (χ0n) is 14.9. The van der Waals surface area contributed by atoms with Gasteiger partial charge < -0.3 is 15.4 Å². The predicted molar refractivity (Wildman–Crippen MR) is 114 cm³/mol. The number of cyclic esters (lactones) is 1. The molecule has 0 bridgehead atoms. The second-order valence-electron chi connectivity index (χ2n) is 6.18. The highest BCUT2D eigenvalue weighted by Crippen LogP contribution is 2.27. The molecule has 2 aromatic carbocycles. The molecule has 0 aliphatic carbocycles. The summed E-state index contributed by atoms with van der Waals surface area (Å²) >= 11 is 8.18. The summed E-state index contributed by atoms with van der Waals surface area (Å²) in [5.74, 6) is -0.591. The number of hydrogen-bond acceptors (Lipinski definition) is 5. The molecule has 3 rings (SSSR count). The van der Waals surface area contributed by atoms with Crippen molar-refractivity contribution in [1.29, 1.82) is 0 Å². The molecular weight excluding hydrogens is 449 g/mol. The molecule has 1 amide bonds. The molecule has 9 heteroatoms. The number of ether oxygens (including phenoxy) is 1. The first-order chi connectivity index (χ1) is 13.3. The zero-order valence-corrected chi connectivity index (χ0v) is 17.3. The van der Waals surface area contributed by atoms with E-state index >= 15 is 0 Å². The van der Waals surface area contributed by atoms with Crippen LogP contribution in [0.2, 0.25) is 0 Å². The van der Waals surface area contributed by atoms with Gasteiger partial charge in [-0.3, -0.25) is 9.69 Å². The second kappa shape index (κ2) is 8.66. The van der Waals surface area contributed by atoms with Crippen LogP contribution in [0.4, 0.5) is 26.2 Å². The van der Waals surface area contributed by atoms with E-state index in [1.807, 2.05) is 0 Å². The Hall–Kier alpha value is -2.52. The van der Waals surface area contributed by atoms with Crippen LogP contribution >= 0.6 is 28.1 Å². The van der Waals surface area contributed by atoms with Crippen molar-refractivity contribution in [1.82, 2.24) is 5.32 Å². The van der Waals surface area contributed by atoms with Crippen molar-refractivity contribution in [2.45, 2.75) is 13.0 Å². The smallest absolute Gasteiger partial charge is 0.414 e. The molecule has 0 saturated carbocycles. The lowest BCUT2D eigenvalue weighted by Gasteiger charge is -2.15. The minimum Gasteiger partial charge on any atom is -0.442 e. The van der Waals surface area contributed by atoms with Gasteiger partial charge in [-0.1, -0.05) is 34.2 Å². The van der Waals surface area contributed by atoms with Crippen molar-refractivity contribution < 1.29 is 13.9 Å². The number of amides is 1. The monoisotopic (exact) mass is 465 g/mol. The van der Waals surface area contributed by atoms with E-state index in [1.165, 1.54) is 23.1 Å². The average Bonchev–Trinajstić information content (AvgIpc) is 2.92. The fourth-order valence-electron chi connectivity index (χ4n) is 2.69. The standard InChI is InChI=1S/C19H17BrFN3O3S/c1-11(28)22-9-14-10-24(19(26)27-14)13-5-6-16(15(21)8-13)23-17-4-2-3-12(20)7-18(17)25/h2-8,14H,9-10H2,1H3,(H,22,28)(H,23,25)/t14-/m0/s1. The first-order valence-corrected chi connectivity index (χ1v) is 9.62. The maximum atomic E-state index is 14.6. The van der Waals surface area contributed by atoms with E-state index < -0.39 is 11.9 Å². The van der Waals surface area contributed by atoms with Crippen molar-refractivity contribution in [2.75, 3.05) is 23.3 Å². The summed E-state index contributed by atoms with van der Waals surface area (Å²) in [7, 11) is 0. The van der Waals surface area contributed by atoms with Crippen molar-refractivity contribution >= 4 is 56.3 Å². The molecule has 1 fully saturated rings. The summed E-state index contributed by atoms with van der Waals surface area (Å²) in [6.07, 6.45) is -0.923. The van der Waals surface area contributed by atoms with Gasteiger partial charge in [-0.15, -0.1) is 0 Å². The number of carbonyl (C=O) groups excluding carboxylic acids is 1. The number of carbonyl (C=O) groups is 1. The lowest BCUT2D eigenvalue weighted by Crippen LogP contribution is -2.32. The molecule has 1 aliphatic heterocycles. The van der Waals surface area contributed by atoms with Crippen molar-refractivity contribution in [3.63, 3.8) is 0 Å². The Bertz CT molecular complexity index is 989. The number of thiocarbonyl (C=S) groups is 1. The molecule has 1 atom stereocenters. The van der Waals surface area contributed by atoms with E-state index in [9.17, 15) is 14.0 Å². The lowest BCUT2D eigenvalue weighted by molar-refractivity contribution is 0.143.